The van der Waals surface area contributed by atoms with E-state index in [1.165, 1.54) is 0 Å². The van der Waals surface area contributed by atoms with Crippen molar-refractivity contribution in [3.8, 4) is 0 Å². The van der Waals surface area contributed by atoms with Gasteiger partial charge in [0, 0.05) is 21.9 Å². The summed E-state index contributed by atoms with van der Waals surface area (Å²) in [5.41, 5.74) is 6.73. The Kier molecular flexibility index (Phi) is 5.74. The number of alkyl halides is 1. The first-order valence-electron chi connectivity index (χ1n) is 7.61. The number of nitrogens with one attached hydrogen (secondary N) is 1. The Morgan fingerprint density at radius 2 is 1.80 bits per heavy atom. The van der Waals surface area contributed by atoms with Crippen LogP contribution in [0.1, 0.15) is 18.1 Å². The van der Waals surface area contributed by atoms with E-state index in [4.69, 9.17) is 39.8 Å². The van der Waals surface area contributed by atoms with E-state index in [0.717, 1.165) is 22.6 Å². The molecule has 0 aliphatic carbocycles. The minimum absolute atomic E-state index is 0.324. The van der Waals surface area contributed by atoms with Crippen LogP contribution in [0.25, 0.3) is 0 Å². The van der Waals surface area contributed by atoms with Crippen LogP contribution in [0.15, 0.2) is 57.6 Å². The molecule has 0 saturated carbocycles. The molecule has 2 aromatic rings. The van der Waals surface area contributed by atoms with Gasteiger partial charge in [-0.25, -0.2) is 4.99 Å². The molecule has 4 nitrogen and oxygen atoms in total. The van der Waals surface area contributed by atoms with Crippen molar-refractivity contribution in [2.75, 3.05) is 12.4 Å². The normalized spacial score (nSPS) is 14.3. The molecule has 1 N–H and O–H groups in total. The van der Waals surface area contributed by atoms with E-state index in [1.807, 2.05) is 43.3 Å². The summed E-state index contributed by atoms with van der Waals surface area (Å²) in [6, 6.07) is 13.2. The zero-order chi connectivity index (χ0) is 17.8. The van der Waals surface area contributed by atoms with Crippen LogP contribution in [-0.4, -0.2) is 29.7 Å². The predicted octanol–water partition coefficient (Wildman–Crippen LogP) is 5.08. The Morgan fingerprint density at radius 3 is 2.56 bits per heavy atom. The number of nitrogens with zero attached hydrogens (tertiary/aromatic N) is 3. The van der Waals surface area contributed by atoms with Gasteiger partial charge in [-0.05, 0) is 19.1 Å². The standard InChI is InChI=1S/C18H15Cl3N4/c1-11(9-19)24-25-16-10-22-17(12-5-2-3-7-14(12)20)13-6-4-8-15(21)18(13)23-16/h2-8H,9-10H2,1H3,(H,23,25). The van der Waals surface area contributed by atoms with Crippen LogP contribution in [0.2, 0.25) is 10.0 Å². The monoisotopic (exact) mass is 392 g/mol. The number of aliphatic imine (C=N–C) groups is 2. The number of rotatable bonds is 3. The molecule has 7 heteroatoms. The lowest BCUT2D eigenvalue weighted by Gasteiger charge is -2.10. The molecule has 1 aliphatic rings. The Bertz CT molecular complexity index is 888. The summed E-state index contributed by atoms with van der Waals surface area (Å²) in [6.07, 6.45) is 0. The van der Waals surface area contributed by atoms with E-state index in [-0.39, 0.29) is 0 Å². The van der Waals surface area contributed by atoms with Gasteiger partial charge in [0.05, 0.1) is 28.8 Å². The maximum absolute atomic E-state index is 6.38. The quantitative estimate of drug-likeness (QED) is 0.441. The number of benzene rings is 2. The highest BCUT2D eigenvalue weighted by molar-refractivity contribution is 6.37. The highest BCUT2D eigenvalue weighted by atomic mass is 35.5. The van der Waals surface area contributed by atoms with Crippen LogP contribution in [0.3, 0.4) is 0 Å². The second-order valence-electron chi connectivity index (χ2n) is 5.43. The lowest BCUT2D eigenvalue weighted by Crippen LogP contribution is -2.22. The summed E-state index contributed by atoms with van der Waals surface area (Å²) >= 11 is 18.5. The van der Waals surface area contributed by atoms with Gasteiger partial charge in [-0.1, -0.05) is 53.5 Å². The third-order valence-corrected chi connectivity index (χ3v) is 4.60. The van der Waals surface area contributed by atoms with Crippen LogP contribution < -0.4 is 5.43 Å². The molecule has 0 bridgehead atoms. The van der Waals surface area contributed by atoms with Gasteiger partial charge in [-0.15, -0.1) is 11.6 Å². The van der Waals surface area contributed by atoms with Crippen LogP contribution in [-0.2, 0) is 0 Å². The highest BCUT2D eigenvalue weighted by Gasteiger charge is 2.19. The Morgan fingerprint density at radius 1 is 1.08 bits per heavy atom. The molecule has 3 rings (SSSR count). The van der Waals surface area contributed by atoms with Crippen molar-refractivity contribution in [2.24, 2.45) is 15.1 Å². The molecule has 0 spiro atoms. The predicted molar refractivity (Wildman–Crippen MR) is 107 cm³/mol. The molecule has 25 heavy (non-hydrogen) atoms. The Balaban J connectivity index is 2.10. The van der Waals surface area contributed by atoms with Gasteiger partial charge in [0.2, 0.25) is 0 Å². The van der Waals surface area contributed by atoms with Crippen LogP contribution >= 0.6 is 34.8 Å². The lowest BCUT2D eigenvalue weighted by atomic mass is 10.0. The molecule has 1 aliphatic heterocycles. The topological polar surface area (TPSA) is 49.1 Å². The molecule has 0 atom stereocenters. The average Bonchev–Trinajstić information content (AvgIpc) is 2.81. The van der Waals surface area contributed by atoms with Crippen LogP contribution in [0, 0.1) is 0 Å². The molecule has 0 fully saturated rings. The third-order valence-electron chi connectivity index (χ3n) is 3.57. The van der Waals surface area contributed by atoms with Crippen LogP contribution in [0.5, 0.6) is 0 Å². The van der Waals surface area contributed by atoms with Gasteiger partial charge in [0.15, 0.2) is 0 Å². The molecule has 0 aromatic heterocycles. The Hall–Kier alpha value is -1.88. The lowest BCUT2D eigenvalue weighted by molar-refractivity contribution is 0.987. The molecule has 0 radical (unpaired) electrons. The second-order valence-corrected chi connectivity index (χ2v) is 6.51. The van der Waals surface area contributed by atoms with Gasteiger partial charge in [-0.3, -0.25) is 10.4 Å². The first-order valence-corrected chi connectivity index (χ1v) is 8.90. The number of halogens is 3. The summed E-state index contributed by atoms with van der Waals surface area (Å²) in [7, 11) is 0. The van der Waals surface area contributed by atoms with E-state index in [2.05, 4.69) is 15.5 Å². The van der Waals surface area contributed by atoms with Crippen molar-refractivity contribution in [3.63, 3.8) is 0 Å². The Labute approximate surface area is 161 Å². The van der Waals surface area contributed by atoms with Gasteiger partial charge in [-0.2, -0.15) is 5.10 Å². The van der Waals surface area contributed by atoms with Crippen molar-refractivity contribution >= 4 is 57.7 Å². The summed E-state index contributed by atoms with van der Waals surface area (Å²) in [6.45, 7) is 2.15. The largest absolute Gasteiger partial charge is 0.276 e. The van der Waals surface area contributed by atoms with E-state index in [9.17, 15) is 0 Å². The smallest absolute Gasteiger partial charge is 0.144 e. The van der Waals surface area contributed by atoms with Crippen molar-refractivity contribution < 1.29 is 0 Å². The molecular formula is C18H15Cl3N4. The number of hydrogen-bond acceptors (Lipinski definition) is 4. The first kappa shape index (κ1) is 17.9. The zero-order valence-electron chi connectivity index (χ0n) is 13.4. The van der Waals surface area contributed by atoms with Gasteiger partial charge < -0.3 is 0 Å². The minimum Gasteiger partial charge on any atom is -0.276 e. The second kappa shape index (κ2) is 8.00. The van der Waals surface area contributed by atoms with E-state index < -0.39 is 0 Å². The summed E-state index contributed by atoms with van der Waals surface area (Å²) in [5.74, 6) is 0.923. The maximum Gasteiger partial charge on any atom is 0.144 e. The third kappa shape index (κ3) is 4.03. The molecule has 0 unspecified atom stereocenters. The SMILES string of the molecule is CC(CCl)=NNC1=Nc2c(Cl)cccc2C(c2ccccc2Cl)=NC1. The number of amidine groups is 1. The average molecular weight is 394 g/mol. The molecule has 1 heterocycles. The summed E-state index contributed by atoms with van der Waals surface area (Å²) < 4.78 is 0. The number of hydrazone groups is 1. The van der Waals surface area contributed by atoms with Crippen molar-refractivity contribution in [1.82, 2.24) is 5.43 Å². The fraction of sp³-hybridized carbons (Fsp3) is 0.167. The molecule has 128 valence electrons. The molecule has 2 aromatic carbocycles. The van der Waals surface area contributed by atoms with E-state index in [0.29, 0.717) is 34.0 Å². The van der Waals surface area contributed by atoms with Crippen molar-refractivity contribution in [3.05, 3.63) is 63.6 Å². The minimum atomic E-state index is 0.324. The first-order chi connectivity index (χ1) is 12.1. The number of para-hydroxylation sites is 1. The summed E-state index contributed by atoms with van der Waals surface area (Å²) in [4.78, 5) is 9.32. The van der Waals surface area contributed by atoms with Crippen molar-refractivity contribution in [1.29, 1.82) is 0 Å². The highest BCUT2D eigenvalue weighted by Crippen LogP contribution is 2.33. The molecular weight excluding hydrogens is 379 g/mol. The van der Waals surface area contributed by atoms with Gasteiger partial charge >= 0.3 is 0 Å². The number of hydrogen-bond donors (Lipinski definition) is 1. The van der Waals surface area contributed by atoms with Crippen molar-refractivity contribution in [2.45, 2.75) is 6.92 Å². The number of fused-ring (bicyclic) bond motifs is 1. The van der Waals surface area contributed by atoms with E-state index >= 15 is 0 Å². The molecule has 0 saturated heterocycles. The maximum atomic E-state index is 6.38. The van der Waals surface area contributed by atoms with Crippen LogP contribution in [0.4, 0.5) is 5.69 Å². The molecule has 0 amide bonds. The fourth-order valence-electron chi connectivity index (χ4n) is 2.36. The van der Waals surface area contributed by atoms with Gasteiger partial charge in [0.1, 0.15) is 5.84 Å². The zero-order valence-corrected chi connectivity index (χ0v) is 15.7. The fourth-order valence-corrected chi connectivity index (χ4v) is 2.86. The van der Waals surface area contributed by atoms with Gasteiger partial charge in [0.25, 0.3) is 0 Å². The summed E-state index contributed by atoms with van der Waals surface area (Å²) in [5, 5.41) is 5.35. The van der Waals surface area contributed by atoms with E-state index in [1.54, 1.807) is 6.07 Å².